The summed E-state index contributed by atoms with van der Waals surface area (Å²) >= 11 is 0. The molecule has 1 heterocycles. The van der Waals surface area contributed by atoms with E-state index >= 15 is 0 Å². The van der Waals surface area contributed by atoms with Crippen molar-refractivity contribution < 1.29 is 4.52 Å². The molecular formula is C10H15N3O. The SMILES string of the molecule is NC1(Cc2nc(C3CC3)no2)CCC1. The molecule has 0 bridgehead atoms. The van der Waals surface area contributed by atoms with E-state index in [-0.39, 0.29) is 5.54 Å². The van der Waals surface area contributed by atoms with Gasteiger partial charge in [0.1, 0.15) is 0 Å². The molecule has 1 aromatic heterocycles. The standard InChI is InChI=1S/C10H15N3O/c11-10(4-1-5-10)6-8-12-9(13-14-8)7-2-3-7/h7H,1-6,11H2. The van der Waals surface area contributed by atoms with E-state index in [1.165, 1.54) is 19.3 Å². The quantitative estimate of drug-likeness (QED) is 0.787. The molecule has 4 nitrogen and oxygen atoms in total. The molecule has 0 aromatic carbocycles. The summed E-state index contributed by atoms with van der Waals surface area (Å²) in [5.74, 6) is 2.19. The molecule has 4 heteroatoms. The van der Waals surface area contributed by atoms with Gasteiger partial charge in [0.25, 0.3) is 0 Å². The van der Waals surface area contributed by atoms with Crippen molar-refractivity contribution >= 4 is 0 Å². The van der Waals surface area contributed by atoms with Crippen molar-refractivity contribution in [2.75, 3.05) is 0 Å². The van der Waals surface area contributed by atoms with E-state index in [2.05, 4.69) is 10.1 Å². The van der Waals surface area contributed by atoms with Crippen LogP contribution in [0.15, 0.2) is 4.52 Å². The molecule has 0 saturated heterocycles. The van der Waals surface area contributed by atoms with E-state index in [9.17, 15) is 0 Å². The van der Waals surface area contributed by atoms with Gasteiger partial charge in [-0.25, -0.2) is 0 Å². The summed E-state index contributed by atoms with van der Waals surface area (Å²) in [6.45, 7) is 0. The maximum Gasteiger partial charge on any atom is 0.228 e. The van der Waals surface area contributed by atoms with Gasteiger partial charge in [-0.3, -0.25) is 0 Å². The van der Waals surface area contributed by atoms with Gasteiger partial charge in [-0.15, -0.1) is 0 Å². The molecular weight excluding hydrogens is 178 g/mol. The van der Waals surface area contributed by atoms with E-state index in [4.69, 9.17) is 10.3 Å². The molecule has 76 valence electrons. The predicted octanol–water partition coefficient (Wildman–Crippen LogP) is 1.37. The summed E-state index contributed by atoms with van der Waals surface area (Å²) in [5.41, 5.74) is 6.06. The van der Waals surface area contributed by atoms with Crippen LogP contribution in [0.2, 0.25) is 0 Å². The maximum atomic E-state index is 6.11. The Hall–Kier alpha value is -0.900. The van der Waals surface area contributed by atoms with Crippen LogP contribution in [-0.4, -0.2) is 15.7 Å². The number of hydrogen-bond donors (Lipinski definition) is 1. The average molecular weight is 193 g/mol. The number of nitrogens with zero attached hydrogens (tertiary/aromatic N) is 2. The van der Waals surface area contributed by atoms with Crippen molar-refractivity contribution in [3.05, 3.63) is 11.7 Å². The second-order valence-electron chi connectivity index (χ2n) is 4.71. The number of rotatable bonds is 3. The molecule has 2 saturated carbocycles. The lowest BCUT2D eigenvalue weighted by molar-refractivity contribution is 0.221. The lowest BCUT2D eigenvalue weighted by Crippen LogP contribution is -2.48. The molecule has 0 unspecified atom stereocenters. The Morgan fingerprint density at radius 1 is 1.43 bits per heavy atom. The minimum Gasteiger partial charge on any atom is -0.339 e. The Bertz CT molecular complexity index is 339. The number of aromatic nitrogens is 2. The first-order valence-electron chi connectivity index (χ1n) is 5.37. The van der Waals surface area contributed by atoms with Gasteiger partial charge in [0.15, 0.2) is 5.82 Å². The van der Waals surface area contributed by atoms with Gasteiger partial charge < -0.3 is 10.3 Å². The first-order valence-corrected chi connectivity index (χ1v) is 5.37. The lowest BCUT2D eigenvalue weighted by Gasteiger charge is -2.36. The van der Waals surface area contributed by atoms with Gasteiger partial charge in [-0.2, -0.15) is 4.98 Å². The number of nitrogens with two attached hydrogens (primary N) is 1. The first-order chi connectivity index (χ1) is 6.75. The zero-order chi connectivity index (χ0) is 9.60. The molecule has 2 fully saturated rings. The first kappa shape index (κ1) is 8.41. The minimum atomic E-state index is -0.0483. The van der Waals surface area contributed by atoms with Crippen molar-refractivity contribution in [2.24, 2.45) is 5.73 Å². The van der Waals surface area contributed by atoms with E-state index in [1.807, 2.05) is 0 Å². The van der Waals surface area contributed by atoms with Crippen LogP contribution in [0.1, 0.15) is 49.7 Å². The third-order valence-electron chi connectivity index (χ3n) is 3.28. The fourth-order valence-electron chi connectivity index (χ4n) is 1.96. The summed E-state index contributed by atoms with van der Waals surface area (Å²) in [5, 5.41) is 3.98. The van der Waals surface area contributed by atoms with Crippen LogP contribution in [0.3, 0.4) is 0 Å². The monoisotopic (exact) mass is 193 g/mol. The van der Waals surface area contributed by atoms with Crippen LogP contribution >= 0.6 is 0 Å². The Labute approximate surface area is 82.9 Å². The molecule has 0 spiro atoms. The molecule has 1 aromatic rings. The Morgan fingerprint density at radius 2 is 2.21 bits per heavy atom. The summed E-state index contributed by atoms with van der Waals surface area (Å²) in [7, 11) is 0. The highest BCUT2D eigenvalue weighted by Gasteiger charge is 2.35. The van der Waals surface area contributed by atoms with Crippen molar-refractivity contribution in [2.45, 2.75) is 50.0 Å². The second kappa shape index (κ2) is 2.79. The largest absolute Gasteiger partial charge is 0.339 e. The highest BCUT2D eigenvalue weighted by atomic mass is 16.5. The smallest absolute Gasteiger partial charge is 0.228 e. The normalized spacial score (nSPS) is 24.6. The fraction of sp³-hybridized carbons (Fsp3) is 0.800. The van der Waals surface area contributed by atoms with Crippen LogP contribution in [0, 0.1) is 0 Å². The van der Waals surface area contributed by atoms with Crippen molar-refractivity contribution in [3.63, 3.8) is 0 Å². The van der Waals surface area contributed by atoms with Gasteiger partial charge in [0.2, 0.25) is 5.89 Å². The summed E-state index contributed by atoms with van der Waals surface area (Å²) < 4.78 is 5.20. The molecule has 0 amide bonds. The van der Waals surface area contributed by atoms with Crippen LogP contribution in [-0.2, 0) is 6.42 Å². The highest BCUT2D eigenvalue weighted by molar-refractivity contribution is 5.06. The van der Waals surface area contributed by atoms with Crippen LogP contribution in [0.25, 0.3) is 0 Å². The zero-order valence-electron chi connectivity index (χ0n) is 8.20. The van der Waals surface area contributed by atoms with E-state index in [0.717, 1.165) is 31.0 Å². The maximum absolute atomic E-state index is 6.11. The van der Waals surface area contributed by atoms with Crippen molar-refractivity contribution in [3.8, 4) is 0 Å². The lowest BCUT2D eigenvalue weighted by atomic mass is 9.75. The van der Waals surface area contributed by atoms with Crippen LogP contribution in [0.5, 0.6) is 0 Å². The van der Waals surface area contributed by atoms with E-state index in [1.54, 1.807) is 0 Å². The Morgan fingerprint density at radius 3 is 2.79 bits per heavy atom. The topological polar surface area (TPSA) is 64.9 Å². The highest BCUT2D eigenvalue weighted by Crippen LogP contribution is 2.38. The van der Waals surface area contributed by atoms with Gasteiger partial charge in [-0.05, 0) is 32.1 Å². The Kier molecular flexibility index (Phi) is 1.68. The average Bonchev–Trinajstić information content (AvgIpc) is 2.86. The fourth-order valence-corrected chi connectivity index (χ4v) is 1.96. The zero-order valence-corrected chi connectivity index (χ0v) is 8.20. The van der Waals surface area contributed by atoms with Crippen LogP contribution in [0.4, 0.5) is 0 Å². The van der Waals surface area contributed by atoms with E-state index < -0.39 is 0 Å². The van der Waals surface area contributed by atoms with Crippen LogP contribution < -0.4 is 5.73 Å². The molecule has 0 radical (unpaired) electrons. The van der Waals surface area contributed by atoms with E-state index in [0.29, 0.717) is 5.92 Å². The molecule has 3 rings (SSSR count). The summed E-state index contributed by atoms with van der Waals surface area (Å²) in [4.78, 5) is 4.38. The predicted molar refractivity (Wildman–Crippen MR) is 50.7 cm³/mol. The second-order valence-corrected chi connectivity index (χ2v) is 4.71. The van der Waals surface area contributed by atoms with Gasteiger partial charge in [-0.1, -0.05) is 5.16 Å². The Balaban J connectivity index is 1.70. The molecule has 0 atom stereocenters. The summed E-state index contributed by atoms with van der Waals surface area (Å²) in [6.07, 6.45) is 6.61. The number of hydrogen-bond acceptors (Lipinski definition) is 4. The molecule has 14 heavy (non-hydrogen) atoms. The third-order valence-corrected chi connectivity index (χ3v) is 3.28. The van der Waals surface area contributed by atoms with Gasteiger partial charge in [0, 0.05) is 17.9 Å². The van der Waals surface area contributed by atoms with Crippen molar-refractivity contribution in [1.29, 1.82) is 0 Å². The minimum absolute atomic E-state index is 0.0483. The van der Waals surface area contributed by atoms with Gasteiger partial charge >= 0.3 is 0 Å². The molecule has 2 N–H and O–H groups in total. The van der Waals surface area contributed by atoms with Crippen molar-refractivity contribution in [1.82, 2.24) is 10.1 Å². The summed E-state index contributed by atoms with van der Waals surface area (Å²) in [6, 6.07) is 0. The molecule has 2 aliphatic rings. The molecule has 0 aliphatic heterocycles. The third kappa shape index (κ3) is 1.43. The molecule has 2 aliphatic carbocycles. The van der Waals surface area contributed by atoms with Gasteiger partial charge in [0.05, 0.1) is 0 Å².